The van der Waals surface area contributed by atoms with Gasteiger partial charge in [0.1, 0.15) is 5.82 Å². The summed E-state index contributed by atoms with van der Waals surface area (Å²) in [6.45, 7) is 3.36. The van der Waals surface area contributed by atoms with Gasteiger partial charge in [-0.1, -0.05) is 30.3 Å². The summed E-state index contributed by atoms with van der Waals surface area (Å²) >= 11 is 0. The van der Waals surface area contributed by atoms with Gasteiger partial charge in [-0.15, -0.1) is 0 Å². The first kappa shape index (κ1) is 25.4. The first-order valence-corrected chi connectivity index (χ1v) is 14.7. The fourth-order valence-electron chi connectivity index (χ4n) is 5.11. The van der Waals surface area contributed by atoms with Crippen LogP contribution < -0.4 is 5.32 Å². The lowest BCUT2D eigenvalue weighted by Gasteiger charge is -2.22. The topological polar surface area (TPSA) is 109 Å². The molecule has 8 heteroatoms. The van der Waals surface area contributed by atoms with E-state index < -0.39 is 15.1 Å². The molecule has 2 aromatic heterocycles. The molecule has 0 aliphatic heterocycles. The molecule has 194 valence electrons. The van der Waals surface area contributed by atoms with Gasteiger partial charge in [-0.3, -0.25) is 9.59 Å². The molecule has 2 heterocycles. The Morgan fingerprint density at radius 1 is 1.11 bits per heavy atom. The Balaban J connectivity index is 1.50. The highest BCUT2D eigenvalue weighted by Gasteiger charge is 2.34. The molecule has 0 radical (unpaired) electrons. The molecule has 1 aromatic carbocycles. The molecule has 1 amide bonds. The number of hydrogen-bond donors (Lipinski definition) is 2. The number of sulfone groups is 1. The molecule has 2 aliphatic carbocycles. The Morgan fingerprint density at radius 2 is 1.86 bits per heavy atom. The largest absolute Gasteiger partial charge is 0.358 e. The van der Waals surface area contributed by atoms with Crippen molar-refractivity contribution in [3.63, 3.8) is 0 Å². The van der Waals surface area contributed by atoms with Gasteiger partial charge in [-0.25, -0.2) is 13.4 Å². The first-order valence-electron chi connectivity index (χ1n) is 13.0. The lowest BCUT2D eigenvalue weighted by atomic mass is 9.84. The van der Waals surface area contributed by atoms with Crippen LogP contribution in [0, 0.1) is 11.8 Å². The normalized spacial score (nSPS) is 17.6. The van der Waals surface area contributed by atoms with Gasteiger partial charge in [0, 0.05) is 42.3 Å². The van der Waals surface area contributed by atoms with Crippen LogP contribution in [-0.4, -0.2) is 41.1 Å². The molecule has 0 bridgehead atoms. The average Bonchev–Trinajstić information content (AvgIpc) is 3.58. The number of amides is 1. The number of benzene rings is 1. The molecule has 3 aromatic rings. The summed E-state index contributed by atoms with van der Waals surface area (Å²) in [6, 6.07) is 13.7. The zero-order valence-corrected chi connectivity index (χ0v) is 22.1. The summed E-state index contributed by atoms with van der Waals surface area (Å²) in [5, 5.41) is 2.44. The standard InChI is InChI=1S/C29H33N3O4S/c1-18(2)37(35,36)17-21-13-24-28(25(33)14-21)23(12-19-6-4-3-5-7-19)29(31-24)22-10-11-30-26(16-22)32-27(34)15-20-8-9-20/h3-7,10-11,16,18,20-21,31H,8-9,12-15,17H2,1-2H3,(H,30,32,34). The maximum absolute atomic E-state index is 13.4. The van der Waals surface area contributed by atoms with E-state index in [2.05, 4.69) is 15.3 Å². The second-order valence-corrected chi connectivity index (χ2v) is 13.3. The molecule has 1 atom stereocenters. The molecule has 37 heavy (non-hydrogen) atoms. The predicted molar refractivity (Wildman–Crippen MR) is 144 cm³/mol. The molecule has 5 rings (SSSR count). The molecule has 1 saturated carbocycles. The summed E-state index contributed by atoms with van der Waals surface area (Å²) in [5.41, 5.74) is 5.09. The van der Waals surface area contributed by atoms with Gasteiger partial charge in [-0.05, 0) is 68.2 Å². The summed E-state index contributed by atoms with van der Waals surface area (Å²) in [5.74, 6) is 0.656. The van der Waals surface area contributed by atoms with Crippen LogP contribution in [0.2, 0.25) is 0 Å². The van der Waals surface area contributed by atoms with E-state index in [1.807, 2.05) is 42.5 Å². The van der Waals surface area contributed by atoms with Crippen molar-refractivity contribution in [3.8, 4) is 11.3 Å². The van der Waals surface area contributed by atoms with Crippen LogP contribution in [0.3, 0.4) is 0 Å². The Morgan fingerprint density at radius 3 is 2.57 bits per heavy atom. The van der Waals surface area contributed by atoms with E-state index in [0.717, 1.165) is 40.9 Å². The van der Waals surface area contributed by atoms with Crippen LogP contribution in [0.15, 0.2) is 48.7 Å². The number of rotatable bonds is 9. The predicted octanol–water partition coefficient (Wildman–Crippen LogP) is 4.97. The summed E-state index contributed by atoms with van der Waals surface area (Å²) in [7, 11) is -3.26. The Bertz CT molecular complexity index is 1420. The molecular weight excluding hydrogens is 486 g/mol. The third-order valence-electron chi connectivity index (χ3n) is 7.32. The minimum Gasteiger partial charge on any atom is -0.358 e. The number of aromatic amines is 1. The van der Waals surface area contributed by atoms with Crippen molar-refractivity contribution in [1.82, 2.24) is 9.97 Å². The summed E-state index contributed by atoms with van der Waals surface area (Å²) < 4.78 is 25.2. The van der Waals surface area contributed by atoms with E-state index in [1.165, 1.54) is 0 Å². The van der Waals surface area contributed by atoms with Gasteiger partial charge in [0.2, 0.25) is 5.91 Å². The molecule has 1 unspecified atom stereocenters. The lowest BCUT2D eigenvalue weighted by Crippen LogP contribution is -2.29. The van der Waals surface area contributed by atoms with Gasteiger partial charge in [0.25, 0.3) is 0 Å². The molecule has 2 N–H and O–H groups in total. The number of pyridine rings is 1. The first-order chi connectivity index (χ1) is 17.7. The highest BCUT2D eigenvalue weighted by atomic mass is 32.2. The highest BCUT2D eigenvalue weighted by Crippen LogP contribution is 2.37. The number of ketones is 1. The monoisotopic (exact) mass is 519 g/mol. The van der Waals surface area contributed by atoms with Crippen molar-refractivity contribution < 1.29 is 18.0 Å². The van der Waals surface area contributed by atoms with Crippen molar-refractivity contribution in [1.29, 1.82) is 0 Å². The number of Topliss-reactive ketones (excluding diaryl/α,β-unsaturated/α-hetero) is 1. The Kier molecular flexibility index (Phi) is 7.03. The lowest BCUT2D eigenvalue weighted by molar-refractivity contribution is -0.116. The zero-order chi connectivity index (χ0) is 26.2. The van der Waals surface area contributed by atoms with Crippen molar-refractivity contribution in [2.45, 2.75) is 57.6 Å². The van der Waals surface area contributed by atoms with E-state index in [0.29, 0.717) is 36.6 Å². The second kappa shape index (κ2) is 10.2. The fraction of sp³-hybridized carbons (Fsp3) is 0.414. The highest BCUT2D eigenvalue weighted by molar-refractivity contribution is 7.91. The van der Waals surface area contributed by atoms with Crippen LogP contribution in [0.5, 0.6) is 0 Å². The van der Waals surface area contributed by atoms with Crippen LogP contribution in [0.25, 0.3) is 11.3 Å². The van der Waals surface area contributed by atoms with Crippen LogP contribution in [0.4, 0.5) is 5.82 Å². The fourth-order valence-corrected chi connectivity index (χ4v) is 6.38. The number of nitrogens with zero attached hydrogens (tertiary/aromatic N) is 1. The van der Waals surface area contributed by atoms with Crippen molar-refractivity contribution >= 4 is 27.3 Å². The third kappa shape index (κ3) is 5.85. The number of carbonyl (C=O) groups excluding carboxylic acids is 2. The van der Waals surface area contributed by atoms with Gasteiger partial charge < -0.3 is 10.3 Å². The van der Waals surface area contributed by atoms with E-state index >= 15 is 0 Å². The summed E-state index contributed by atoms with van der Waals surface area (Å²) in [4.78, 5) is 33.6. The van der Waals surface area contributed by atoms with E-state index in [4.69, 9.17) is 0 Å². The Hall–Kier alpha value is -3.26. The Labute approximate surface area is 218 Å². The molecule has 1 fully saturated rings. The number of aromatic nitrogens is 2. The van der Waals surface area contributed by atoms with Gasteiger partial charge in [0.05, 0.1) is 16.7 Å². The minimum absolute atomic E-state index is 0.00461. The number of carbonyl (C=O) groups is 2. The third-order valence-corrected chi connectivity index (χ3v) is 9.70. The van der Waals surface area contributed by atoms with Gasteiger partial charge >= 0.3 is 0 Å². The molecule has 7 nitrogen and oxygen atoms in total. The van der Waals surface area contributed by atoms with Crippen LogP contribution >= 0.6 is 0 Å². The molecular formula is C29H33N3O4S. The SMILES string of the molecule is CC(C)S(=O)(=O)CC1CC(=O)c2c([nH]c(-c3ccnc(NC(=O)CC4CC4)c3)c2Cc2ccccc2)C1. The number of nitrogens with one attached hydrogen (secondary N) is 2. The minimum atomic E-state index is -3.26. The number of anilines is 1. The van der Waals surface area contributed by atoms with Crippen molar-refractivity contribution in [2.75, 3.05) is 11.1 Å². The molecule has 0 saturated heterocycles. The summed E-state index contributed by atoms with van der Waals surface area (Å²) in [6.07, 6.45) is 5.66. The van der Waals surface area contributed by atoms with Gasteiger partial charge in [0.15, 0.2) is 15.6 Å². The van der Waals surface area contributed by atoms with Crippen molar-refractivity contribution in [2.24, 2.45) is 11.8 Å². The smallest absolute Gasteiger partial charge is 0.225 e. The van der Waals surface area contributed by atoms with Crippen LogP contribution in [0.1, 0.15) is 66.7 Å². The second-order valence-electron chi connectivity index (χ2n) is 10.7. The number of hydrogen-bond acceptors (Lipinski definition) is 5. The maximum Gasteiger partial charge on any atom is 0.225 e. The number of fused-ring (bicyclic) bond motifs is 1. The number of H-pyrrole nitrogens is 1. The molecule has 2 aliphatic rings. The average molecular weight is 520 g/mol. The van der Waals surface area contributed by atoms with Gasteiger partial charge in [-0.2, -0.15) is 0 Å². The van der Waals surface area contributed by atoms with E-state index in [-0.39, 0.29) is 29.8 Å². The molecule has 0 spiro atoms. The quantitative estimate of drug-likeness (QED) is 0.415. The maximum atomic E-state index is 13.4. The van der Waals surface area contributed by atoms with E-state index in [1.54, 1.807) is 20.0 Å². The van der Waals surface area contributed by atoms with Crippen molar-refractivity contribution in [3.05, 3.63) is 71.0 Å². The van der Waals surface area contributed by atoms with E-state index in [9.17, 15) is 18.0 Å². The van der Waals surface area contributed by atoms with Crippen LogP contribution in [-0.2, 0) is 27.5 Å². The zero-order valence-electron chi connectivity index (χ0n) is 21.3.